The number of anilines is 1. The summed E-state index contributed by atoms with van der Waals surface area (Å²) in [5, 5.41) is 5.50. The van der Waals surface area contributed by atoms with Crippen LogP contribution in [0.4, 0.5) is 5.69 Å². The van der Waals surface area contributed by atoms with E-state index in [2.05, 4.69) is 10.3 Å². The van der Waals surface area contributed by atoms with Crippen LogP contribution in [0.1, 0.15) is 25.8 Å². The van der Waals surface area contributed by atoms with Crippen LogP contribution >= 0.6 is 22.7 Å². The first-order valence-electron chi connectivity index (χ1n) is 8.08. The minimum Gasteiger partial charge on any atom is -0.451 e. The molecule has 0 atom stereocenters. The first-order chi connectivity index (χ1) is 12.5. The highest BCUT2D eigenvalue weighted by molar-refractivity contribution is 7.21. The molecule has 3 N–H and O–H groups in total. The lowest BCUT2D eigenvalue weighted by Crippen LogP contribution is -2.30. The van der Waals surface area contributed by atoms with Gasteiger partial charge in [0.25, 0.3) is 5.91 Å². The van der Waals surface area contributed by atoms with Crippen LogP contribution < -0.4 is 11.1 Å². The molecule has 0 aromatic carbocycles. The lowest BCUT2D eigenvalue weighted by molar-refractivity contribution is -0.124. The molecule has 0 spiro atoms. The van der Waals surface area contributed by atoms with Crippen LogP contribution in [0.15, 0.2) is 23.6 Å². The number of carbonyl (C=O) groups is 2. The number of esters is 1. The van der Waals surface area contributed by atoms with Crippen molar-refractivity contribution in [3.8, 4) is 0 Å². The highest BCUT2D eigenvalue weighted by Crippen LogP contribution is 2.35. The van der Waals surface area contributed by atoms with Gasteiger partial charge in [-0.05, 0) is 43.3 Å². The van der Waals surface area contributed by atoms with Gasteiger partial charge in [0, 0.05) is 22.5 Å². The Kier molecular flexibility index (Phi) is 5.53. The average Bonchev–Trinajstić information content (AvgIpc) is 3.20. The van der Waals surface area contributed by atoms with Crippen molar-refractivity contribution in [1.29, 1.82) is 0 Å². The molecule has 1 amide bonds. The van der Waals surface area contributed by atoms with Crippen molar-refractivity contribution in [3.05, 3.63) is 44.6 Å². The number of hydrogen-bond donors (Lipinski definition) is 2. The van der Waals surface area contributed by atoms with Crippen LogP contribution in [0, 0.1) is 13.8 Å². The number of thiophene rings is 2. The van der Waals surface area contributed by atoms with Crippen LogP contribution in [-0.2, 0) is 16.0 Å². The van der Waals surface area contributed by atoms with E-state index in [1.807, 2.05) is 37.4 Å². The molecule has 0 aliphatic rings. The number of pyridine rings is 1. The summed E-state index contributed by atoms with van der Waals surface area (Å²) < 4.78 is 5.11. The second-order valence-electron chi connectivity index (χ2n) is 5.86. The standard InChI is InChI=1S/C18H19N3O3S2/c1-10-8-11(2)21-17-14(10)15(19)16(26-17)18(23)24-9-13(22)20-6-5-12-4-3-7-25-12/h3-4,7-8H,5-6,9,19H2,1-2H3,(H,20,22). The number of fused-ring (bicyclic) bond motifs is 1. The molecule has 3 heterocycles. The van der Waals surface area contributed by atoms with Gasteiger partial charge in [0.05, 0.1) is 5.69 Å². The third kappa shape index (κ3) is 4.03. The van der Waals surface area contributed by atoms with E-state index in [0.717, 1.165) is 23.1 Å². The fraction of sp³-hybridized carbons (Fsp3) is 0.278. The Bertz CT molecular complexity index is 948. The van der Waals surface area contributed by atoms with Crippen LogP contribution in [0.25, 0.3) is 10.2 Å². The first kappa shape index (κ1) is 18.3. The van der Waals surface area contributed by atoms with Crippen LogP contribution in [0.5, 0.6) is 0 Å². The third-order valence-corrected chi connectivity index (χ3v) is 5.83. The molecule has 3 rings (SSSR count). The summed E-state index contributed by atoms with van der Waals surface area (Å²) in [6.07, 6.45) is 0.755. The summed E-state index contributed by atoms with van der Waals surface area (Å²) in [4.78, 5) is 30.7. The second kappa shape index (κ2) is 7.84. The molecule has 0 unspecified atom stereocenters. The summed E-state index contributed by atoms with van der Waals surface area (Å²) in [6, 6.07) is 5.90. The molecule has 8 heteroatoms. The molecule has 3 aromatic rings. The van der Waals surface area contributed by atoms with Crippen molar-refractivity contribution in [2.24, 2.45) is 0 Å². The number of nitrogens with zero attached hydrogens (tertiary/aromatic N) is 1. The largest absolute Gasteiger partial charge is 0.451 e. The number of nitrogens with two attached hydrogens (primary N) is 1. The van der Waals surface area contributed by atoms with Gasteiger partial charge in [-0.3, -0.25) is 4.79 Å². The molecular weight excluding hydrogens is 370 g/mol. The minimum atomic E-state index is -0.601. The van der Waals surface area contributed by atoms with Gasteiger partial charge in [-0.1, -0.05) is 6.07 Å². The molecule has 0 aliphatic carbocycles. The van der Waals surface area contributed by atoms with Crippen molar-refractivity contribution >= 4 is 50.5 Å². The molecule has 3 aromatic heterocycles. The normalized spacial score (nSPS) is 10.8. The number of nitrogen functional groups attached to an aromatic ring is 1. The van der Waals surface area contributed by atoms with E-state index in [0.29, 0.717) is 17.1 Å². The molecule has 0 radical (unpaired) electrons. The topological polar surface area (TPSA) is 94.3 Å². The third-order valence-electron chi connectivity index (χ3n) is 3.82. The fourth-order valence-corrected chi connectivity index (χ4v) is 4.47. The highest BCUT2D eigenvalue weighted by Gasteiger charge is 2.20. The van der Waals surface area contributed by atoms with Gasteiger partial charge in [-0.25, -0.2) is 9.78 Å². The maximum atomic E-state index is 12.3. The first-order valence-corrected chi connectivity index (χ1v) is 9.77. The Balaban J connectivity index is 1.58. The smallest absolute Gasteiger partial charge is 0.351 e. The maximum Gasteiger partial charge on any atom is 0.351 e. The molecule has 0 saturated heterocycles. The monoisotopic (exact) mass is 389 g/mol. The molecule has 26 heavy (non-hydrogen) atoms. The number of aryl methyl sites for hydroxylation is 2. The second-order valence-corrected chi connectivity index (χ2v) is 7.89. The Hall–Kier alpha value is -2.45. The summed E-state index contributed by atoms with van der Waals surface area (Å²) >= 11 is 2.83. The summed E-state index contributed by atoms with van der Waals surface area (Å²) in [6.45, 7) is 3.99. The zero-order valence-electron chi connectivity index (χ0n) is 14.5. The van der Waals surface area contributed by atoms with Gasteiger partial charge in [0.2, 0.25) is 0 Å². The van der Waals surface area contributed by atoms with Crippen LogP contribution in [0.2, 0.25) is 0 Å². The highest BCUT2D eigenvalue weighted by atomic mass is 32.1. The van der Waals surface area contributed by atoms with E-state index in [1.165, 1.54) is 16.2 Å². The Morgan fingerprint density at radius 3 is 2.88 bits per heavy atom. The van der Waals surface area contributed by atoms with Gasteiger partial charge >= 0.3 is 5.97 Å². The van der Waals surface area contributed by atoms with Crippen LogP contribution in [-0.4, -0.2) is 30.0 Å². The van der Waals surface area contributed by atoms with E-state index in [9.17, 15) is 9.59 Å². The van der Waals surface area contributed by atoms with Crippen LogP contribution in [0.3, 0.4) is 0 Å². The minimum absolute atomic E-state index is 0.285. The predicted molar refractivity (Wildman–Crippen MR) is 105 cm³/mol. The Morgan fingerprint density at radius 2 is 2.15 bits per heavy atom. The number of nitrogens with one attached hydrogen (secondary N) is 1. The molecule has 136 valence electrons. The SMILES string of the molecule is Cc1cc(C)c2c(N)c(C(=O)OCC(=O)NCCc3cccs3)sc2n1. The zero-order valence-corrected chi connectivity index (χ0v) is 16.1. The molecule has 0 saturated carbocycles. The zero-order chi connectivity index (χ0) is 18.7. The summed E-state index contributed by atoms with van der Waals surface area (Å²) in [5.74, 6) is -0.935. The predicted octanol–water partition coefficient (Wildman–Crippen LogP) is 3.07. The summed E-state index contributed by atoms with van der Waals surface area (Å²) in [7, 11) is 0. The number of amides is 1. The van der Waals surface area contributed by atoms with E-state index in [4.69, 9.17) is 10.5 Å². The number of rotatable bonds is 6. The quantitative estimate of drug-likeness (QED) is 0.632. The number of ether oxygens (including phenoxy) is 1. The van der Waals surface area contributed by atoms with E-state index in [-0.39, 0.29) is 17.4 Å². The molecule has 6 nitrogen and oxygen atoms in total. The molecule has 0 aliphatic heterocycles. The van der Waals surface area contributed by atoms with Crippen molar-refractivity contribution in [1.82, 2.24) is 10.3 Å². The number of hydrogen-bond acceptors (Lipinski definition) is 7. The van der Waals surface area contributed by atoms with E-state index >= 15 is 0 Å². The fourth-order valence-electron chi connectivity index (χ4n) is 2.65. The molecule has 0 bridgehead atoms. The van der Waals surface area contributed by atoms with E-state index in [1.54, 1.807) is 11.3 Å². The van der Waals surface area contributed by atoms with Gasteiger partial charge in [-0.2, -0.15) is 0 Å². The maximum absolute atomic E-state index is 12.3. The van der Waals surface area contributed by atoms with Crippen molar-refractivity contribution in [2.75, 3.05) is 18.9 Å². The van der Waals surface area contributed by atoms with Crippen molar-refractivity contribution in [2.45, 2.75) is 20.3 Å². The lowest BCUT2D eigenvalue weighted by Gasteiger charge is -2.06. The molecule has 0 fully saturated rings. The van der Waals surface area contributed by atoms with Gasteiger partial charge in [-0.15, -0.1) is 22.7 Å². The number of carbonyl (C=O) groups excluding carboxylic acids is 2. The average molecular weight is 390 g/mol. The van der Waals surface area contributed by atoms with Gasteiger partial charge in [0.1, 0.15) is 9.71 Å². The number of aromatic nitrogens is 1. The molecular formula is C18H19N3O3S2. The van der Waals surface area contributed by atoms with Gasteiger partial charge < -0.3 is 15.8 Å². The lowest BCUT2D eigenvalue weighted by atomic mass is 10.1. The summed E-state index contributed by atoms with van der Waals surface area (Å²) in [5.41, 5.74) is 8.29. The Morgan fingerprint density at radius 1 is 1.35 bits per heavy atom. The van der Waals surface area contributed by atoms with E-state index < -0.39 is 5.97 Å². The van der Waals surface area contributed by atoms with Crippen molar-refractivity contribution in [3.63, 3.8) is 0 Å². The van der Waals surface area contributed by atoms with Crippen molar-refractivity contribution < 1.29 is 14.3 Å². The van der Waals surface area contributed by atoms with Gasteiger partial charge in [0.15, 0.2) is 6.61 Å². The Labute approximate surface area is 159 Å².